The van der Waals surface area contributed by atoms with Crippen molar-refractivity contribution in [3.05, 3.63) is 231 Å². The third-order valence-corrected chi connectivity index (χ3v) is 14.8. The lowest BCUT2D eigenvalue weighted by molar-refractivity contribution is 1.20. The number of para-hydroxylation sites is 2. The quantitative estimate of drug-likeness (QED) is 0.163. The molecule has 0 saturated carbocycles. The molecule has 0 bridgehead atoms. The molecule has 0 spiro atoms. The van der Waals surface area contributed by atoms with E-state index in [9.17, 15) is 0 Å². The average Bonchev–Trinajstić information content (AvgIpc) is 4.02. The van der Waals surface area contributed by atoms with E-state index >= 15 is 0 Å². The smallest absolute Gasteiger partial charge is 0.0634 e. The minimum Gasteiger partial charge on any atom is -0.309 e. The Morgan fingerprint density at radius 2 is 0.831 bits per heavy atom. The molecule has 0 unspecified atom stereocenters. The van der Waals surface area contributed by atoms with Gasteiger partial charge in [-0.2, -0.15) is 0 Å². The van der Waals surface area contributed by atoms with Crippen LogP contribution in [0.15, 0.2) is 231 Å². The van der Waals surface area contributed by atoms with Gasteiger partial charge in [-0.25, -0.2) is 0 Å². The number of hydrogen-bond acceptors (Lipinski definition) is 1. The Bertz CT molecular complexity index is 4160. The van der Waals surface area contributed by atoms with Gasteiger partial charge in [0.05, 0.1) is 33.4 Å². The number of benzene rings is 11. The molecule has 11 aromatic carbocycles. The molecule has 3 heteroatoms. The van der Waals surface area contributed by atoms with Crippen molar-refractivity contribution in [3.8, 4) is 44.8 Å². The van der Waals surface area contributed by atoms with Gasteiger partial charge in [-0.05, 0) is 105 Å². The van der Waals surface area contributed by atoms with Crippen LogP contribution < -0.4 is 0 Å². The maximum absolute atomic E-state index is 2.56. The number of aromatic nitrogens is 2. The van der Waals surface area contributed by atoms with Crippen LogP contribution in [-0.4, -0.2) is 9.13 Å². The molecule has 14 aromatic rings. The highest BCUT2D eigenvalue weighted by atomic mass is 32.1. The van der Waals surface area contributed by atoms with Crippen molar-refractivity contribution < 1.29 is 0 Å². The molecule has 0 saturated heterocycles. The zero-order valence-electron chi connectivity index (χ0n) is 35.2. The first-order chi connectivity index (χ1) is 32.2. The Labute approximate surface area is 379 Å². The number of hydrogen-bond donors (Lipinski definition) is 0. The van der Waals surface area contributed by atoms with Gasteiger partial charge < -0.3 is 9.13 Å². The van der Waals surface area contributed by atoms with Gasteiger partial charge in [-0.1, -0.05) is 170 Å². The molecular formula is C62H38N2S. The van der Waals surface area contributed by atoms with Gasteiger partial charge in [0.25, 0.3) is 0 Å². The molecule has 0 amide bonds. The van der Waals surface area contributed by atoms with E-state index in [-0.39, 0.29) is 0 Å². The molecule has 2 nitrogen and oxygen atoms in total. The third-order valence-electron chi connectivity index (χ3n) is 13.7. The fourth-order valence-corrected chi connectivity index (χ4v) is 11.9. The van der Waals surface area contributed by atoms with E-state index in [1.165, 1.54) is 130 Å². The maximum atomic E-state index is 2.56. The Hall–Kier alpha value is -8.24. The molecule has 3 aromatic heterocycles. The second-order valence-electron chi connectivity index (χ2n) is 17.2. The van der Waals surface area contributed by atoms with Crippen LogP contribution >= 0.6 is 11.3 Å². The van der Waals surface area contributed by atoms with Gasteiger partial charge in [-0.3, -0.25) is 0 Å². The topological polar surface area (TPSA) is 9.86 Å². The van der Waals surface area contributed by atoms with Crippen molar-refractivity contribution in [3.63, 3.8) is 0 Å². The van der Waals surface area contributed by atoms with E-state index in [1.807, 2.05) is 11.3 Å². The zero-order chi connectivity index (χ0) is 42.6. The number of rotatable bonds is 5. The highest BCUT2D eigenvalue weighted by molar-refractivity contribution is 7.26. The lowest BCUT2D eigenvalue weighted by Crippen LogP contribution is -1.96. The second kappa shape index (κ2) is 14.1. The predicted octanol–water partition coefficient (Wildman–Crippen LogP) is 17.6. The van der Waals surface area contributed by atoms with Gasteiger partial charge in [0, 0.05) is 52.5 Å². The van der Waals surface area contributed by atoms with E-state index < -0.39 is 0 Å². The van der Waals surface area contributed by atoms with E-state index in [4.69, 9.17) is 0 Å². The molecule has 14 rings (SSSR count). The van der Waals surface area contributed by atoms with Crippen LogP contribution in [0.1, 0.15) is 0 Å². The van der Waals surface area contributed by atoms with Crippen molar-refractivity contribution in [2.75, 3.05) is 0 Å². The van der Waals surface area contributed by atoms with Crippen LogP contribution in [-0.2, 0) is 0 Å². The molecule has 0 radical (unpaired) electrons. The van der Waals surface area contributed by atoms with Gasteiger partial charge >= 0.3 is 0 Å². The molecule has 302 valence electrons. The first-order valence-corrected chi connectivity index (χ1v) is 23.1. The fourth-order valence-electron chi connectivity index (χ4n) is 10.8. The summed E-state index contributed by atoms with van der Waals surface area (Å²) in [6, 6.07) is 85.2. The van der Waals surface area contributed by atoms with Crippen LogP contribution in [0, 0.1) is 0 Å². The Balaban J connectivity index is 1.04. The molecule has 0 aliphatic rings. The van der Waals surface area contributed by atoms with Crippen molar-refractivity contribution in [1.82, 2.24) is 9.13 Å². The molecule has 3 heterocycles. The molecule has 0 atom stereocenters. The average molecular weight is 843 g/mol. The Morgan fingerprint density at radius 3 is 1.58 bits per heavy atom. The van der Waals surface area contributed by atoms with E-state index in [1.54, 1.807) is 0 Å². The number of nitrogens with zero attached hydrogens (tertiary/aromatic N) is 2. The van der Waals surface area contributed by atoms with E-state index in [0.717, 1.165) is 0 Å². The summed E-state index contributed by atoms with van der Waals surface area (Å²) in [7, 11) is 0. The summed E-state index contributed by atoms with van der Waals surface area (Å²) in [5.41, 5.74) is 14.5. The first kappa shape index (κ1) is 36.3. The third kappa shape index (κ3) is 5.46. The summed E-state index contributed by atoms with van der Waals surface area (Å²) >= 11 is 1.90. The van der Waals surface area contributed by atoms with Gasteiger partial charge in [0.2, 0.25) is 0 Å². The molecule has 0 aliphatic heterocycles. The minimum atomic E-state index is 1.18. The van der Waals surface area contributed by atoms with Gasteiger partial charge in [0.1, 0.15) is 0 Å². The normalized spacial score (nSPS) is 12.0. The number of fused-ring (bicyclic) bond motifs is 12. The summed E-state index contributed by atoms with van der Waals surface area (Å²) in [5, 5.41) is 12.6. The Kier molecular flexibility index (Phi) is 7.89. The lowest BCUT2D eigenvalue weighted by atomic mass is 9.91. The van der Waals surface area contributed by atoms with E-state index in [2.05, 4.69) is 240 Å². The van der Waals surface area contributed by atoms with Crippen LogP contribution in [0.4, 0.5) is 0 Å². The fraction of sp³-hybridized carbons (Fsp3) is 0. The lowest BCUT2D eigenvalue weighted by Gasteiger charge is -2.16. The molecule has 0 fully saturated rings. The summed E-state index contributed by atoms with van der Waals surface area (Å²) in [6.07, 6.45) is 0. The largest absolute Gasteiger partial charge is 0.309 e. The molecular weight excluding hydrogens is 805 g/mol. The van der Waals surface area contributed by atoms with Crippen molar-refractivity contribution >= 4 is 96.7 Å². The predicted molar refractivity (Wildman–Crippen MR) is 279 cm³/mol. The monoisotopic (exact) mass is 842 g/mol. The summed E-state index contributed by atoms with van der Waals surface area (Å²) in [6.45, 7) is 0. The maximum Gasteiger partial charge on any atom is 0.0634 e. The molecule has 65 heavy (non-hydrogen) atoms. The summed E-state index contributed by atoms with van der Waals surface area (Å²) in [5.74, 6) is 0. The SMILES string of the molecule is c1ccc(-c2cc(-c3ccccc3)cc(-c3cccc4c(-n5c6ccccc6c6ccc7sc8cc9c(cc8c7c65)c5ccccc5n9-c5cccc6ccccc56)cccc34)c2)cc1. The second-order valence-corrected chi connectivity index (χ2v) is 18.3. The van der Waals surface area contributed by atoms with Crippen LogP contribution in [0.3, 0.4) is 0 Å². The number of thiophene rings is 1. The zero-order valence-corrected chi connectivity index (χ0v) is 36.1. The minimum absolute atomic E-state index is 1.18. The van der Waals surface area contributed by atoms with Crippen molar-refractivity contribution in [1.29, 1.82) is 0 Å². The molecule has 0 N–H and O–H groups in total. The highest BCUT2D eigenvalue weighted by Gasteiger charge is 2.22. The van der Waals surface area contributed by atoms with Crippen LogP contribution in [0.25, 0.3) is 130 Å². The van der Waals surface area contributed by atoms with E-state index in [0.29, 0.717) is 0 Å². The van der Waals surface area contributed by atoms with Gasteiger partial charge in [-0.15, -0.1) is 11.3 Å². The van der Waals surface area contributed by atoms with Crippen LogP contribution in [0.5, 0.6) is 0 Å². The molecule has 0 aliphatic carbocycles. The van der Waals surface area contributed by atoms with Crippen molar-refractivity contribution in [2.45, 2.75) is 0 Å². The summed E-state index contributed by atoms with van der Waals surface area (Å²) in [4.78, 5) is 0. The summed E-state index contributed by atoms with van der Waals surface area (Å²) < 4.78 is 7.62. The van der Waals surface area contributed by atoms with Gasteiger partial charge in [0.15, 0.2) is 0 Å². The van der Waals surface area contributed by atoms with Crippen molar-refractivity contribution in [2.24, 2.45) is 0 Å². The standard InChI is InChI=1S/C62H38N2S/c1-3-16-39(17-4-1)42-34-43(40-18-5-2-6-19-40)36-44(35-42)45-25-14-27-48-47(45)26-15-31-57(48)64-56-29-12-9-23-49(56)51-32-33-59-61(62(51)64)53-37-52-50-24-10-11-28-55(50)63(58(52)38-60(53)65-59)54-30-13-21-41-20-7-8-22-46(41)54/h1-38H. The first-order valence-electron chi connectivity index (χ1n) is 22.3. The Morgan fingerprint density at radius 1 is 0.277 bits per heavy atom. The highest BCUT2D eigenvalue weighted by Crippen LogP contribution is 2.47. The van der Waals surface area contributed by atoms with Crippen LogP contribution in [0.2, 0.25) is 0 Å².